The zero-order valence-corrected chi connectivity index (χ0v) is 9.15. The fourth-order valence-corrected chi connectivity index (χ4v) is 1.41. The molecule has 0 saturated heterocycles. The van der Waals surface area contributed by atoms with Crippen LogP contribution < -0.4 is 16.8 Å². The third-order valence-corrected chi connectivity index (χ3v) is 2.04. The third-order valence-electron chi connectivity index (χ3n) is 1.27. The molecule has 0 heterocycles. The van der Waals surface area contributed by atoms with Gasteiger partial charge in [0.15, 0.2) is 5.11 Å². The molecule has 1 aromatic carbocycles. The van der Waals surface area contributed by atoms with Crippen molar-refractivity contribution in [2.75, 3.05) is 11.1 Å². The number of thiocarbonyl (C=S) groups is 1. The summed E-state index contributed by atoms with van der Waals surface area (Å²) in [5, 5.41) is 3.01. The van der Waals surface area contributed by atoms with Gasteiger partial charge in [-0.3, -0.25) is 0 Å². The largest absolute Gasteiger partial charge is 0.397 e. The van der Waals surface area contributed by atoms with E-state index in [1.807, 2.05) is 18.2 Å². The number of nitrogens with two attached hydrogens (primary N) is 2. The van der Waals surface area contributed by atoms with Crippen LogP contribution in [0.1, 0.15) is 0 Å². The van der Waals surface area contributed by atoms with Gasteiger partial charge in [0.2, 0.25) is 0 Å². The molecule has 12 heavy (non-hydrogen) atoms. The van der Waals surface area contributed by atoms with Gasteiger partial charge in [0.25, 0.3) is 0 Å². The number of hydrogen-bond donors (Lipinski definition) is 3. The van der Waals surface area contributed by atoms with Gasteiger partial charge in [-0.05, 0) is 53.0 Å². The number of nitrogen functional groups attached to an aromatic ring is 1. The van der Waals surface area contributed by atoms with Crippen molar-refractivity contribution >= 4 is 51.3 Å². The Morgan fingerprint density at radius 2 is 2.17 bits per heavy atom. The number of anilines is 2. The first-order chi connectivity index (χ1) is 5.59. The molecule has 0 saturated carbocycles. The normalized spacial score (nSPS) is 9.42. The van der Waals surface area contributed by atoms with Gasteiger partial charge < -0.3 is 16.8 Å². The van der Waals surface area contributed by atoms with Crippen LogP contribution in [0, 0.1) is 3.57 Å². The molecule has 0 atom stereocenters. The summed E-state index contributed by atoms with van der Waals surface area (Å²) in [5.74, 6) is 0. The maximum atomic E-state index is 5.69. The number of benzene rings is 1. The molecule has 0 bridgehead atoms. The first kappa shape index (κ1) is 9.53. The van der Waals surface area contributed by atoms with Crippen molar-refractivity contribution in [1.29, 1.82) is 0 Å². The first-order valence-corrected chi connectivity index (χ1v) is 4.70. The molecule has 0 aliphatic heterocycles. The van der Waals surface area contributed by atoms with Crippen molar-refractivity contribution < 1.29 is 0 Å². The first-order valence-electron chi connectivity index (χ1n) is 3.21. The quantitative estimate of drug-likeness (QED) is 0.417. The van der Waals surface area contributed by atoms with Crippen LogP contribution in [-0.2, 0) is 0 Å². The molecule has 5 N–H and O–H groups in total. The lowest BCUT2D eigenvalue weighted by molar-refractivity contribution is 1.57. The molecule has 0 aliphatic carbocycles. The highest BCUT2D eigenvalue weighted by molar-refractivity contribution is 14.1. The van der Waals surface area contributed by atoms with Crippen LogP contribution in [0.4, 0.5) is 11.4 Å². The van der Waals surface area contributed by atoms with Crippen LogP contribution in [0.2, 0.25) is 0 Å². The highest BCUT2D eigenvalue weighted by Gasteiger charge is 1.98. The lowest BCUT2D eigenvalue weighted by Gasteiger charge is -2.06. The molecule has 0 unspecified atom stereocenters. The van der Waals surface area contributed by atoms with Gasteiger partial charge in [-0.2, -0.15) is 0 Å². The van der Waals surface area contributed by atoms with Crippen molar-refractivity contribution in [3.05, 3.63) is 21.8 Å². The highest BCUT2D eigenvalue weighted by atomic mass is 127. The average molecular weight is 293 g/mol. The van der Waals surface area contributed by atoms with Crippen molar-refractivity contribution in [3.63, 3.8) is 0 Å². The van der Waals surface area contributed by atoms with Crippen LogP contribution in [-0.4, -0.2) is 5.11 Å². The standard InChI is InChI=1S/C7H8IN3S/c8-4-1-2-6(5(9)3-4)11-7(10)12/h1-3H,9H2,(H3,10,11,12). The molecular formula is C7H8IN3S. The molecule has 64 valence electrons. The van der Waals surface area contributed by atoms with Gasteiger partial charge in [0.1, 0.15) is 0 Å². The second-order valence-corrected chi connectivity index (χ2v) is 3.91. The molecule has 1 rings (SSSR count). The lowest BCUT2D eigenvalue weighted by atomic mass is 10.3. The van der Waals surface area contributed by atoms with Crippen molar-refractivity contribution in [2.45, 2.75) is 0 Å². The maximum absolute atomic E-state index is 5.69. The van der Waals surface area contributed by atoms with E-state index in [1.54, 1.807) is 0 Å². The van der Waals surface area contributed by atoms with E-state index in [1.165, 1.54) is 0 Å². The van der Waals surface area contributed by atoms with Crippen molar-refractivity contribution in [1.82, 2.24) is 0 Å². The van der Waals surface area contributed by atoms with E-state index in [-0.39, 0.29) is 5.11 Å². The smallest absolute Gasteiger partial charge is 0.168 e. The Kier molecular flexibility index (Phi) is 3.10. The van der Waals surface area contributed by atoms with Gasteiger partial charge in [0, 0.05) is 3.57 Å². The minimum atomic E-state index is 0.225. The van der Waals surface area contributed by atoms with Crippen LogP contribution >= 0.6 is 34.8 Å². The number of rotatable bonds is 1. The van der Waals surface area contributed by atoms with E-state index in [9.17, 15) is 0 Å². The van der Waals surface area contributed by atoms with Gasteiger partial charge in [0.05, 0.1) is 11.4 Å². The number of nitrogens with one attached hydrogen (secondary N) is 1. The Balaban J connectivity index is 2.93. The molecule has 0 amide bonds. The Bertz CT molecular complexity index is 314. The van der Waals surface area contributed by atoms with E-state index < -0.39 is 0 Å². The number of halogens is 1. The molecule has 5 heteroatoms. The zero-order valence-electron chi connectivity index (χ0n) is 6.17. The van der Waals surface area contributed by atoms with Gasteiger partial charge in [-0.25, -0.2) is 0 Å². The van der Waals surface area contributed by atoms with E-state index in [0.29, 0.717) is 5.69 Å². The summed E-state index contributed by atoms with van der Waals surface area (Å²) in [6.07, 6.45) is 0. The molecule has 0 aromatic heterocycles. The minimum Gasteiger partial charge on any atom is -0.397 e. The number of hydrogen-bond acceptors (Lipinski definition) is 2. The molecule has 3 nitrogen and oxygen atoms in total. The molecule has 0 aliphatic rings. The molecular weight excluding hydrogens is 285 g/mol. The predicted octanol–water partition coefficient (Wildman–Crippen LogP) is 1.53. The summed E-state index contributed by atoms with van der Waals surface area (Å²) < 4.78 is 1.08. The summed E-state index contributed by atoms with van der Waals surface area (Å²) in [6, 6.07) is 5.62. The molecule has 0 radical (unpaired) electrons. The van der Waals surface area contributed by atoms with Gasteiger partial charge in [-0.1, -0.05) is 0 Å². The summed E-state index contributed by atoms with van der Waals surface area (Å²) >= 11 is 6.86. The minimum absolute atomic E-state index is 0.225. The fraction of sp³-hybridized carbons (Fsp3) is 0. The Hall–Kier alpha value is -0.560. The molecule has 0 fully saturated rings. The highest BCUT2D eigenvalue weighted by Crippen LogP contribution is 2.20. The maximum Gasteiger partial charge on any atom is 0.168 e. The van der Waals surface area contributed by atoms with E-state index >= 15 is 0 Å². The predicted molar refractivity (Wildman–Crippen MR) is 64.0 cm³/mol. The molecule has 1 aromatic rings. The Labute approximate surface area is 89.6 Å². The Morgan fingerprint density at radius 1 is 1.50 bits per heavy atom. The second kappa shape index (κ2) is 3.90. The van der Waals surface area contributed by atoms with E-state index in [2.05, 4.69) is 40.1 Å². The summed E-state index contributed by atoms with van der Waals surface area (Å²) in [5.41, 5.74) is 12.4. The van der Waals surface area contributed by atoms with Gasteiger partial charge in [-0.15, -0.1) is 0 Å². The van der Waals surface area contributed by atoms with Crippen molar-refractivity contribution in [3.8, 4) is 0 Å². The Morgan fingerprint density at radius 3 is 2.67 bits per heavy atom. The zero-order chi connectivity index (χ0) is 9.14. The van der Waals surface area contributed by atoms with Crippen LogP contribution in [0.25, 0.3) is 0 Å². The van der Waals surface area contributed by atoms with E-state index in [0.717, 1.165) is 9.26 Å². The fourth-order valence-electron chi connectivity index (χ4n) is 0.780. The lowest BCUT2D eigenvalue weighted by Crippen LogP contribution is -2.19. The molecule has 0 spiro atoms. The van der Waals surface area contributed by atoms with Crippen LogP contribution in [0.15, 0.2) is 18.2 Å². The second-order valence-electron chi connectivity index (χ2n) is 2.22. The van der Waals surface area contributed by atoms with Crippen LogP contribution in [0.3, 0.4) is 0 Å². The van der Waals surface area contributed by atoms with Gasteiger partial charge >= 0.3 is 0 Å². The van der Waals surface area contributed by atoms with Crippen molar-refractivity contribution in [2.24, 2.45) is 5.73 Å². The monoisotopic (exact) mass is 293 g/mol. The summed E-state index contributed by atoms with van der Waals surface area (Å²) in [4.78, 5) is 0. The third kappa shape index (κ3) is 2.49. The topological polar surface area (TPSA) is 64.1 Å². The van der Waals surface area contributed by atoms with E-state index in [4.69, 9.17) is 11.5 Å². The summed E-state index contributed by atoms with van der Waals surface area (Å²) in [7, 11) is 0. The average Bonchev–Trinajstić information content (AvgIpc) is 1.94. The van der Waals surface area contributed by atoms with Crippen LogP contribution in [0.5, 0.6) is 0 Å². The SMILES string of the molecule is NC(=S)Nc1ccc(I)cc1N. The summed E-state index contributed by atoms with van der Waals surface area (Å²) in [6.45, 7) is 0.